The molecule has 5 nitrogen and oxygen atoms in total. The Bertz CT molecular complexity index is 1030. The number of aromatic hydroxyl groups is 1. The van der Waals surface area contributed by atoms with Crippen LogP contribution in [0.1, 0.15) is 28.9 Å². The number of hydrogen-bond donors (Lipinski definition) is 2. The second-order valence-corrected chi connectivity index (χ2v) is 7.81. The maximum Gasteiger partial charge on any atom is 0.319 e. The summed E-state index contributed by atoms with van der Waals surface area (Å²) in [5.41, 5.74) is 3.75. The van der Waals surface area contributed by atoms with E-state index in [0.29, 0.717) is 5.56 Å². The highest BCUT2D eigenvalue weighted by atomic mass is 79.9. The molecule has 0 spiro atoms. The van der Waals surface area contributed by atoms with Gasteiger partial charge < -0.3 is 15.2 Å². The third kappa shape index (κ3) is 3.86. The van der Waals surface area contributed by atoms with Gasteiger partial charge in [0.2, 0.25) is 0 Å². The molecule has 0 saturated carbocycles. The number of anilines is 1. The van der Waals surface area contributed by atoms with Crippen molar-refractivity contribution in [3.8, 4) is 5.75 Å². The van der Waals surface area contributed by atoms with E-state index >= 15 is 0 Å². The Morgan fingerprint density at radius 1 is 1.07 bits per heavy atom. The monoisotopic (exact) mass is 452 g/mol. The van der Waals surface area contributed by atoms with Crippen LogP contribution < -0.4 is 5.32 Å². The number of nitrogens with one attached hydrogen (secondary N) is 1. The van der Waals surface area contributed by atoms with Crippen molar-refractivity contribution in [3.63, 3.8) is 0 Å². The highest BCUT2D eigenvalue weighted by molar-refractivity contribution is 9.10. The van der Waals surface area contributed by atoms with Gasteiger partial charge in [-0.1, -0.05) is 64.5 Å². The van der Waals surface area contributed by atoms with E-state index in [1.807, 2.05) is 59.5 Å². The summed E-state index contributed by atoms with van der Waals surface area (Å²) in [5, 5.41) is 14.0. The topological polar surface area (TPSA) is 61.8 Å². The Balaban J connectivity index is 1.91. The molecule has 2 atom stereocenters. The van der Waals surface area contributed by atoms with Crippen molar-refractivity contribution >= 4 is 27.6 Å². The zero-order chi connectivity index (χ0) is 20.4. The van der Waals surface area contributed by atoms with Crippen LogP contribution in [0.2, 0.25) is 0 Å². The van der Waals surface area contributed by atoms with E-state index < -0.39 is 6.17 Å². The molecule has 29 heavy (non-hydrogen) atoms. The Morgan fingerprint density at radius 3 is 2.52 bits per heavy atom. The molecule has 148 valence electrons. The molecule has 3 aromatic carbocycles. The molecule has 3 aromatic rings. The summed E-state index contributed by atoms with van der Waals surface area (Å²) < 4.78 is 5.94. The molecule has 0 unspecified atom stereocenters. The quantitative estimate of drug-likeness (QED) is 0.554. The van der Waals surface area contributed by atoms with Gasteiger partial charge >= 0.3 is 5.97 Å². The molecule has 1 heterocycles. The average molecular weight is 453 g/mol. The van der Waals surface area contributed by atoms with Crippen LogP contribution in [-0.2, 0) is 9.53 Å². The van der Waals surface area contributed by atoms with Crippen LogP contribution in [0.25, 0.3) is 0 Å². The smallest absolute Gasteiger partial charge is 0.319 e. The van der Waals surface area contributed by atoms with E-state index in [1.165, 1.54) is 7.11 Å². The summed E-state index contributed by atoms with van der Waals surface area (Å²) in [6, 6.07) is 23.1. The first-order valence-electron chi connectivity index (χ1n) is 9.30. The number of hydrogen-bond acceptors (Lipinski definition) is 5. The lowest BCUT2D eigenvalue weighted by atomic mass is 9.91. The highest BCUT2D eigenvalue weighted by Gasteiger charge is 2.38. The number of phenols is 1. The van der Waals surface area contributed by atoms with E-state index in [1.54, 1.807) is 12.1 Å². The molecular weight excluding hydrogens is 432 g/mol. The Labute approximate surface area is 178 Å². The van der Waals surface area contributed by atoms with Gasteiger partial charge in [0.25, 0.3) is 0 Å². The van der Waals surface area contributed by atoms with Crippen LogP contribution in [0.3, 0.4) is 0 Å². The van der Waals surface area contributed by atoms with Crippen molar-refractivity contribution in [2.75, 3.05) is 19.0 Å². The largest absolute Gasteiger partial charge is 0.508 e. The molecule has 2 N–H and O–H groups in total. The first-order valence-corrected chi connectivity index (χ1v) is 10.1. The lowest BCUT2D eigenvalue weighted by molar-refractivity contribution is -0.143. The van der Waals surface area contributed by atoms with Crippen molar-refractivity contribution in [3.05, 3.63) is 94.0 Å². The van der Waals surface area contributed by atoms with Crippen LogP contribution in [0.4, 0.5) is 5.69 Å². The summed E-state index contributed by atoms with van der Waals surface area (Å²) in [4.78, 5) is 14.4. The molecule has 1 aliphatic rings. The summed E-state index contributed by atoms with van der Waals surface area (Å²) in [6.07, 6.45) is -0.408. The third-order valence-electron chi connectivity index (χ3n) is 5.15. The Kier molecular flexibility index (Phi) is 5.56. The van der Waals surface area contributed by atoms with Crippen LogP contribution in [0, 0.1) is 0 Å². The minimum absolute atomic E-state index is 0.0635. The number of fused-ring (bicyclic) bond motifs is 1. The predicted octanol–water partition coefficient (Wildman–Crippen LogP) is 4.84. The summed E-state index contributed by atoms with van der Waals surface area (Å²) in [7, 11) is 1.39. The fraction of sp³-hybridized carbons (Fsp3) is 0.174. The predicted molar refractivity (Wildman–Crippen MR) is 116 cm³/mol. The zero-order valence-corrected chi connectivity index (χ0v) is 17.5. The van der Waals surface area contributed by atoms with E-state index in [0.717, 1.165) is 21.3 Å². The van der Waals surface area contributed by atoms with Gasteiger partial charge in [-0.3, -0.25) is 9.69 Å². The molecule has 0 aliphatic carbocycles. The number of ether oxygens (including phenoxy) is 1. The van der Waals surface area contributed by atoms with E-state index in [4.69, 9.17) is 4.74 Å². The number of phenolic OH excluding ortho intramolecular Hbond substituents is 1. The fourth-order valence-electron chi connectivity index (χ4n) is 3.83. The molecule has 0 amide bonds. The molecule has 0 radical (unpaired) electrons. The van der Waals surface area contributed by atoms with E-state index in [9.17, 15) is 9.90 Å². The van der Waals surface area contributed by atoms with Gasteiger partial charge in [0.05, 0.1) is 19.7 Å². The number of esters is 1. The molecular formula is C23H21BrN2O3. The van der Waals surface area contributed by atoms with E-state index in [2.05, 4.69) is 27.3 Å². The molecule has 1 aliphatic heterocycles. The second-order valence-electron chi connectivity index (χ2n) is 6.90. The molecule has 0 saturated heterocycles. The van der Waals surface area contributed by atoms with Crippen LogP contribution in [0.5, 0.6) is 5.75 Å². The van der Waals surface area contributed by atoms with Gasteiger partial charge in [-0.05, 0) is 35.4 Å². The Hall–Kier alpha value is -2.83. The maximum absolute atomic E-state index is 12.3. The first-order chi connectivity index (χ1) is 14.1. The zero-order valence-electron chi connectivity index (χ0n) is 15.9. The lowest BCUT2D eigenvalue weighted by Gasteiger charge is -2.44. The lowest BCUT2D eigenvalue weighted by Crippen LogP contribution is -2.44. The van der Waals surface area contributed by atoms with Crippen molar-refractivity contribution in [1.29, 1.82) is 0 Å². The number of carbonyl (C=O) groups is 1. The van der Waals surface area contributed by atoms with Gasteiger partial charge in [0.1, 0.15) is 11.9 Å². The molecule has 0 fully saturated rings. The standard InChI is InChI=1S/C23H21BrN2O3/c1-29-21(28)14-26-22(15-7-3-2-4-8-15)18-13-16(24)11-12-19(18)25-23(26)17-9-5-6-10-20(17)27/h2-13,22-23,25,27H,14H2,1H3/t22-,23-/m1/s1. The normalized spacial score (nSPS) is 18.6. The fourth-order valence-corrected chi connectivity index (χ4v) is 4.21. The summed E-state index contributed by atoms with van der Waals surface area (Å²) in [5.74, 6) is -0.168. The summed E-state index contributed by atoms with van der Waals surface area (Å²) >= 11 is 3.57. The van der Waals surface area contributed by atoms with Crippen molar-refractivity contribution in [2.24, 2.45) is 0 Å². The SMILES string of the molecule is COC(=O)CN1[C@H](c2ccccc2)c2cc(Br)ccc2N[C@H]1c1ccccc1O. The third-order valence-corrected chi connectivity index (χ3v) is 5.64. The van der Waals surface area contributed by atoms with Gasteiger partial charge in [-0.25, -0.2) is 0 Å². The van der Waals surface area contributed by atoms with Gasteiger partial charge in [0, 0.05) is 15.7 Å². The van der Waals surface area contributed by atoms with Crippen LogP contribution in [0.15, 0.2) is 77.3 Å². The maximum atomic E-state index is 12.3. The Morgan fingerprint density at radius 2 is 1.79 bits per heavy atom. The van der Waals surface area contributed by atoms with Crippen molar-refractivity contribution in [1.82, 2.24) is 4.90 Å². The van der Waals surface area contributed by atoms with Gasteiger partial charge in [0.15, 0.2) is 0 Å². The molecule has 6 heteroatoms. The molecule has 0 aromatic heterocycles. The van der Waals surface area contributed by atoms with E-state index in [-0.39, 0.29) is 24.3 Å². The molecule has 0 bridgehead atoms. The number of halogens is 1. The second kappa shape index (κ2) is 8.27. The summed E-state index contributed by atoms with van der Waals surface area (Å²) in [6.45, 7) is 0.0635. The number of nitrogens with zero attached hydrogens (tertiary/aromatic N) is 1. The first kappa shape index (κ1) is 19.5. The van der Waals surface area contributed by atoms with Crippen molar-refractivity contribution < 1.29 is 14.6 Å². The molecule has 4 rings (SSSR count). The average Bonchev–Trinajstić information content (AvgIpc) is 2.74. The van der Waals surface area contributed by atoms with Crippen LogP contribution in [-0.4, -0.2) is 29.6 Å². The minimum Gasteiger partial charge on any atom is -0.508 e. The van der Waals surface area contributed by atoms with Gasteiger partial charge in [-0.2, -0.15) is 0 Å². The number of rotatable bonds is 4. The number of methoxy groups -OCH3 is 1. The number of carbonyl (C=O) groups excluding carboxylic acids is 1. The van der Waals surface area contributed by atoms with Crippen molar-refractivity contribution in [2.45, 2.75) is 12.2 Å². The number of para-hydroxylation sites is 1. The highest BCUT2D eigenvalue weighted by Crippen LogP contribution is 2.45. The van der Waals surface area contributed by atoms with Gasteiger partial charge in [-0.15, -0.1) is 0 Å². The minimum atomic E-state index is -0.408. The number of benzene rings is 3. The van der Waals surface area contributed by atoms with Crippen LogP contribution >= 0.6 is 15.9 Å².